The molecule has 0 bridgehead atoms. The van der Waals surface area contributed by atoms with E-state index in [0.717, 1.165) is 12.0 Å². The molecule has 6 nitrogen and oxygen atoms in total. The van der Waals surface area contributed by atoms with Crippen LogP contribution in [0.3, 0.4) is 0 Å². The van der Waals surface area contributed by atoms with Crippen molar-refractivity contribution in [1.29, 1.82) is 0 Å². The molecule has 112 valence electrons. The molecule has 0 amide bonds. The van der Waals surface area contributed by atoms with E-state index in [2.05, 4.69) is 5.32 Å². The second-order valence-electron chi connectivity index (χ2n) is 4.61. The minimum Gasteiger partial charge on any atom is -0.382 e. The van der Waals surface area contributed by atoms with E-state index in [-0.39, 0.29) is 16.7 Å². The van der Waals surface area contributed by atoms with Crippen molar-refractivity contribution in [3.05, 3.63) is 33.9 Å². The van der Waals surface area contributed by atoms with Crippen molar-refractivity contribution in [3.8, 4) is 0 Å². The van der Waals surface area contributed by atoms with Crippen LogP contribution in [0.5, 0.6) is 0 Å². The van der Waals surface area contributed by atoms with Gasteiger partial charge in [0.25, 0.3) is 5.69 Å². The second kappa shape index (κ2) is 8.50. The van der Waals surface area contributed by atoms with E-state index in [1.54, 1.807) is 19.2 Å². The molecule has 0 aliphatic rings. The number of nitrogens with zero attached hydrogens (tertiary/aromatic N) is 1. The average molecular weight is 282 g/mol. The van der Waals surface area contributed by atoms with Crippen LogP contribution >= 0.6 is 0 Å². The van der Waals surface area contributed by atoms with E-state index in [1.165, 1.54) is 6.07 Å². The van der Waals surface area contributed by atoms with Crippen LogP contribution in [0.25, 0.3) is 0 Å². The molecule has 1 atom stereocenters. The van der Waals surface area contributed by atoms with Gasteiger partial charge in [0.05, 0.1) is 24.2 Å². The quantitative estimate of drug-likeness (QED) is 0.557. The predicted molar refractivity (Wildman–Crippen MR) is 78.0 cm³/mol. The summed E-state index contributed by atoms with van der Waals surface area (Å²) in [5, 5.41) is 14.0. The van der Waals surface area contributed by atoms with Crippen molar-refractivity contribution in [2.24, 2.45) is 0 Å². The average Bonchev–Trinajstić information content (AvgIpc) is 2.43. The smallest absolute Gasteiger partial charge is 0.292 e. The topological polar surface area (TPSA) is 73.6 Å². The summed E-state index contributed by atoms with van der Waals surface area (Å²) < 4.78 is 10.6. The van der Waals surface area contributed by atoms with Crippen LogP contribution in [0.1, 0.15) is 25.8 Å². The van der Waals surface area contributed by atoms with E-state index >= 15 is 0 Å². The van der Waals surface area contributed by atoms with E-state index in [1.807, 2.05) is 13.8 Å². The van der Waals surface area contributed by atoms with Gasteiger partial charge in [-0.15, -0.1) is 0 Å². The summed E-state index contributed by atoms with van der Waals surface area (Å²) in [5.74, 6) is 0. The Balaban J connectivity index is 2.75. The number of rotatable bonds is 9. The molecule has 0 aliphatic carbocycles. The Morgan fingerprint density at radius 2 is 2.20 bits per heavy atom. The fourth-order valence-corrected chi connectivity index (χ4v) is 1.75. The lowest BCUT2D eigenvalue weighted by Gasteiger charge is -2.13. The first kappa shape index (κ1) is 16.4. The van der Waals surface area contributed by atoms with Gasteiger partial charge in [-0.3, -0.25) is 10.1 Å². The number of nitrogens with one attached hydrogen (secondary N) is 1. The zero-order valence-corrected chi connectivity index (χ0v) is 12.2. The highest BCUT2D eigenvalue weighted by atomic mass is 16.6. The van der Waals surface area contributed by atoms with Crippen molar-refractivity contribution < 1.29 is 14.4 Å². The van der Waals surface area contributed by atoms with Gasteiger partial charge in [-0.25, -0.2) is 0 Å². The summed E-state index contributed by atoms with van der Waals surface area (Å²) in [6, 6.07) is 5.00. The highest BCUT2D eigenvalue weighted by molar-refractivity contribution is 5.62. The third kappa shape index (κ3) is 5.14. The van der Waals surface area contributed by atoms with Gasteiger partial charge in [0, 0.05) is 19.7 Å². The number of anilines is 1. The van der Waals surface area contributed by atoms with E-state index in [0.29, 0.717) is 25.4 Å². The Hall–Kier alpha value is -1.66. The molecule has 0 radical (unpaired) electrons. The maximum absolute atomic E-state index is 11.0. The molecule has 6 heteroatoms. The van der Waals surface area contributed by atoms with Crippen molar-refractivity contribution in [1.82, 2.24) is 0 Å². The van der Waals surface area contributed by atoms with Crippen molar-refractivity contribution in [2.45, 2.75) is 33.0 Å². The highest BCUT2D eigenvalue weighted by Crippen LogP contribution is 2.26. The molecule has 20 heavy (non-hydrogen) atoms. The van der Waals surface area contributed by atoms with Gasteiger partial charge in [-0.2, -0.15) is 0 Å². The van der Waals surface area contributed by atoms with Crippen LogP contribution in [0.2, 0.25) is 0 Å². The normalized spacial score (nSPS) is 12.2. The number of benzene rings is 1. The molecular weight excluding hydrogens is 260 g/mol. The Bertz CT molecular complexity index is 437. The van der Waals surface area contributed by atoms with Gasteiger partial charge in [0.2, 0.25) is 0 Å². The van der Waals surface area contributed by atoms with E-state index < -0.39 is 0 Å². The minimum atomic E-state index is -0.379. The Kier molecular flexibility index (Phi) is 6.97. The third-order valence-corrected chi connectivity index (χ3v) is 2.76. The summed E-state index contributed by atoms with van der Waals surface area (Å²) in [6.07, 6.45) is 0.894. The number of nitro benzene ring substituents is 1. The molecule has 0 saturated carbocycles. The molecule has 0 aliphatic heterocycles. The molecule has 1 unspecified atom stereocenters. The number of hydrogen-bond donors (Lipinski definition) is 1. The molecule has 0 spiro atoms. The molecular formula is C14H22N2O4. The van der Waals surface area contributed by atoms with Crippen LogP contribution in [0.4, 0.5) is 11.4 Å². The zero-order chi connectivity index (χ0) is 15.0. The van der Waals surface area contributed by atoms with Gasteiger partial charge >= 0.3 is 0 Å². The molecule has 0 heterocycles. The second-order valence-corrected chi connectivity index (χ2v) is 4.61. The lowest BCUT2D eigenvalue weighted by Crippen LogP contribution is -2.14. The Labute approximate surface area is 119 Å². The maximum atomic E-state index is 11.0. The third-order valence-electron chi connectivity index (χ3n) is 2.76. The molecule has 1 aromatic carbocycles. The van der Waals surface area contributed by atoms with Crippen LogP contribution in [0, 0.1) is 10.1 Å². The predicted octanol–water partition coefficient (Wildman–Crippen LogP) is 2.97. The zero-order valence-electron chi connectivity index (χ0n) is 12.2. The van der Waals surface area contributed by atoms with Crippen LogP contribution in [-0.4, -0.2) is 31.3 Å². The number of ether oxygens (including phenoxy) is 2. The van der Waals surface area contributed by atoms with Crippen molar-refractivity contribution >= 4 is 11.4 Å². The lowest BCUT2D eigenvalue weighted by molar-refractivity contribution is -0.384. The van der Waals surface area contributed by atoms with E-state index in [4.69, 9.17) is 9.47 Å². The minimum absolute atomic E-state index is 0.0118. The standard InChI is InChI=1S/C14H22N2O4/c1-4-7-15-13-8-12(5-6-14(13)16(17)18)10-20-11(2)9-19-3/h5-6,8,11,15H,4,7,9-10H2,1-3H3. The molecule has 1 N–H and O–H groups in total. The molecule has 0 saturated heterocycles. The highest BCUT2D eigenvalue weighted by Gasteiger charge is 2.14. The Morgan fingerprint density at radius 3 is 2.80 bits per heavy atom. The molecule has 1 rings (SSSR count). The maximum Gasteiger partial charge on any atom is 0.292 e. The summed E-state index contributed by atoms with van der Waals surface area (Å²) in [4.78, 5) is 10.6. The summed E-state index contributed by atoms with van der Waals surface area (Å²) in [6.45, 7) is 5.56. The van der Waals surface area contributed by atoms with Gasteiger partial charge in [-0.1, -0.05) is 6.92 Å². The first-order chi connectivity index (χ1) is 9.58. The summed E-state index contributed by atoms with van der Waals surface area (Å²) in [5.41, 5.74) is 1.53. The monoisotopic (exact) mass is 282 g/mol. The van der Waals surface area contributed by atoms with Crippen LogP contribution < -0.4 is 5.32 Å². The number of hydrogen-bond acceptors (Lipinski definition) is 5. The van der Waals surface area contributed by atoms with Crippen LogP contribution in [0.15, 0.2) is 18.2 Å². The summed E-state index contributed by atoms with van der Waals surface area (Å²) >= 11 is 0. The molecule has 0 fully saturated rings. The van der Waals surface area contributed by atoms with Gasteiger partial charge < -0.3 is 14.8 Å². The Morgan fingerprint density at radius 1 is 1.45 bits per heavy atom. The SMILES string of the molecule is CCCNc1cc(COC(C)COC)ccc1[N+](=O)[O-]. The van der Waals surface area contributed by atoms with Crippen molar-refractivity contribution in [3.63, 3.8) is 0 Å². The first-order valence-corrected chi connectivity index (χ1v) is 6.70. The van der Waals surface area contributed by atoms with Crippen LogP contribution in [-0.2, 0) is 16.1 Å². The number of methoxy groups -OCH3 is 1. The fraction of sp³-hybridized carbons (Fsp3) is 0.571. The van der Waals surface area contributed by atoms with E-state index in [9.17, 15) is 10.1 Å². The lowest BCUT2D eigenvalue weighted by atomic mass is 10.1. The number of nitro groups is 1. The largest absolute Gasteiger partial charge is 0.382 e. The van der Waals surface area contributed by atoms with Crippen molar-refractivity contribution in [2.75, 3.05) is 25.6 Å². The molecule has 0 aromatic heterocycles. The fourth-order valence-electron chi connectivity index (χ4n) is 1.75. The van der Waals surface area contributed by atoms with Gasteiger partial charge in [0.1, 0.15) is 5.69 Å². The van der Waals surface area contributed by atoms with Gasteiger partial charge in [0.15, 0.2) is 0 Å². The molecule has 1 aromatic rings. The summed E-state index contributed by atoms with van der Waals surface area (Å²) in [7, 11) is 1.62. The first-order valence-electron chi connectivity index (χ1n) is 6.70. The van der Waals surface area contributed by atoms with Gasteiger partial charge in [-0.05, 0) is 31.0 Å².